The van der Waals surface area contributed by atoms with Gasteiger partial charge in [-0.25, -0.2) is 8.42 Å². The average Bonchev–Trinajstić information content (AvgIpc) is 3.02. The van der Waals surface area contributed by atoms with Crippen molar-refractivity contribution in [3.63, 3.8) is 0 Å². The Kier molecular flexibility index (Phi) is 11.6. The first-order valence-corrected chi connectivity index (χ1v) is 16.8. The van der Waals surface area contributed by atoms with Crippen LogP contribution in [0.25, 0.3) is 0 Å². The van der Waals surface area contributed by atoms with Crippen LogP contribution in [0.15, 0.2) is 114 Å². The van der Waals surface area contributed by atoms with Gasteiger partial charge in [0, 0.05) is 28.1 Å². The van der Waals surface area contributed by atoms with Crippen molar-refractivity contribution in [1.29, 1.82) is 0 Å². The maximum atomic E-state index is 14.4. The van der Waals surface area contributed by atoms with Gasteiger partial charge in [-0.2, -0.15) is 0 Å². The number of amides is 2. The Bertz CT molecular complexity index is 1620. The minimum Gasteiger partial charge on any atom is -0.354 e. The van der Waals surface area contributed by atoms with E-state index in [-0.39, 0.29) is 23.8 Å². The van der Waals surface area contributed by atoms with Crippen LogP contribution in [0.4, 0.5) is 5.69 Å². The van der Waals surface area contributed by atoms with E-state index in [0.717, 1.165) is 19.9 Å². The molecule has 0 radical (unpaired) electrons. The summed E-state index contributed by atoms with van der Waals surface area (Å²) in [7, 11) is -4.14. The lowest BCUT2D eigenvalue weighted by molar-refractivity contribution is -0.140. The predicted molar refractivity (Wildman–Crippen MR) is 179 cm³/mol. The Hall–Kier alpha value is -3.41. The molecule has 0 saturated heterocycles. The van der Waals surface area contributed by atoms with E-state index in [9.17, 15) is 18.0 Å². The van der Waals surface area contributed by atoms with Crippen LogP contribution >= 0.6 is 34.2 Å². The molecule has 10 heteroatoms. The molecular weight excluding hydrogens is 697 g/mol. The van der Waals surface area contributed by atoms with Crippen LogP contribution in [0.5, 0.6) is 0 Å². The van der Waals surface area contributed by atoms with E-state index >= 15 is 0 Å². The topological polar surface area (TPSA) is 86.8 Å². The quantitative estimate of drug-likeness (QED) is 0.164. The molecular formula is C33H33ClIN3O4S. The van der Waals surface area contributed by atoms with Gasteiger partial charge in [-0.1, -0.05) is 85.3 Å². The van der Waals surface area contributed by atoms with Gasteiger partial charge in [0.2, 0.25) is 11.8 Å². The summed E-state index contributed by atoms with van der Waals surface area (Å²) in [5.41, 5.74) is 1.85. The fourth-order valence-corrected chi connectivity index (χ4v) is 6.58. The van der Waals surface area contributed by atoms with Gasteiger partial charge in [0.15, 0.2) is 0 Å². The summed E-state index contributed by atoms with van der Waals surface area (Å²) in [4.78, 5) is 29.6. The van der Waals surface area contributed by atoms with E-state index in [4.69, 9.17) is 11.6 Å². The SMILES string of the molecule is CCCNC(=O)[C@H](Cc1ccccc1)N(Cc1ccccc1Cl)C(=O)CN(c1ccc(I)cc1)S(=O)(=O)c1ccccc1. The molecule has 0 aliphatic heterocycles. The van der Waals surface area contributed by atoms with Crippen LogP contribution in [-0.2, 0) is 32.6 Å². The second-order valence-electron chi connectivity index (χ2n) is 9.91. The molecule has 4 aromatic rings. The number of halogens is 2. The third-order valence-electron chi connectivity index (χ3n) is 6.84. The van der Waals surface area contributed by atoms with E-state index in [1.807, 2.05) is 43.3 Å². The summed E-state index contributed by atoms with van der Waals surface area (Å²) in [6.45, 7) is 1.89. The Labute approximate surface area is 272 Å². The molecule has 0 bridgehead atoms. The zero-order valence-corrected chi connectivity index (χ0v) is 27.4. The second-order valence-corrected chi connectivity index (χ2v) is 13.4. The summed E-state index contributed by atoms with van der Waals surface area (Å²) in [6.07, 6.45) is 0.958. The number of nitrogens with one attached hydrogen (secondary N) is 1. The highest BCUT2D eigenvalue weighted by Gasteiger charge is 2.34. The van der Waals surface area contributed by atoms with Gasteiger partial charge in [0.05, 0.1) is 10.6 Å². The van der Waals surface area contributed by atoms with Crippen LogP contribution in [0, 0.1) is 3.57 Å². The number of carbonyl (C=O) groups is 2. The molecule has 0 aliphatic rings. The number of sulfonamides is 1. The van der Waals surface area contributed by atoms with Crippen LogP contribution < -0.4 is 9.62 Å². The molecule has 1 atom stereocenters. The summed E-state index contributed by atoms with van der Waals surface area (Å²) >= 11 is 8.67. The molecule has 1 N–H and O–H groups in total. The molecule has 4 rings (SSSR count). The van der Waals surface area contributed by atoms with Gasteiger partial charge in [0.25, 0.3) is 10.0 Å². The largest absolute Gasteiger partial charge is 0.354 e. The van der Waals surface area contributed by atoms with E-state index in [0.29, 0.717) is 22.8 Å². The van der Waals surface area contributed by atoms with Crippen molar-refractivity contribution in [2.75, 3.05) is 17.4 Å². The molecule has 0 aliphatic carbocycles. The number of nitrogens with zero attached hydrogens (tertiary/aromatic N) is 2. The van der Waals surface area contributed by atoms with Gasteiger partial charge in [-0.15, -0.1) is 0 Å². The number of hydrogen-bond donors (Lipinski definition) is 1. The third-order valence-corrected chi connectivity index (χ3v) is 9.72. The molecule has 4 aromatic carbocycles. The first kappa shape index (κ1) is 32.5. The maximum absolute atomic E-state index is 14.4. The summed E-state index contributed by atoms with van der Waals surface area (Å²) in [5.74, 6) is -0.858. The van der Waals surface area contributed by atoms with Crippen molar-refractivity contribution in [2.24, 2.45) is 0 Å². The van der Waals surface area contributed by atoms with Gasteiger partial charge < -0.3 is 10.2 Å². The molecule has 43 heavy (non-hydrogen) atoms. The normalized spacial score (nSPS) is 11.9. The van der Waals surface area contributed by atoms with E-state index in [1.165, 1.54) is 17.0 Å². The predicted octanol–water partition coefficient (Wildman–Crippen LogP) is 6.31. The van der Waals surface area contributed by atoms with Crippen molar-refractivity contribution < 1.29 is 18.0 Å². The Morgan fingerprint density at radius 3 is 2.09 bits per heavy atom. The van der Waals surface area contributed by atoms with Crippen molar-refractivity contribution in [3.8, 4) is 0 Å². The highest BCUT2D eigenvalue weighted by molar-refractivity contribution is 14.1. The van der Waals surface area contributed by atoms with Crippen molar-refractivity contribution >= 4 is 61.7 Å². The van der Waals surface area contributed by atoms with Crippen LogP contribution in [-0.4, -0.2) is 44.3 Å². The Morgan fingerprint density at radius 1 is 0.860 bits per heavy atom. The molecule has 0 unspecified atom stereocenters. The molecule has 0 fully saturated rings. The summed E-state index contributed by atoms with van der Waals surface area (Å²) in [6, 6.07) is 30.5. The fourth-order valence-electron chi connectivity index (χ4n) is 4.59. The first-order chi connectivity index (χ1) is 20.7. The number of carbonyl (C=O) groups excluding carboxylic acids is 2. The van der Waals surface area contributed by atoms with Crippen LogP contribution in [0.2, 0.25) is 5.02 Å². The molecule has 0 aromatic heterocycles. The van der Waals surface area contributed by atoms with Crippen molar-refractivity contribution in [2.45, 2.75) is 37.2 Å². The number of benzene rings is 4. The molecule has 7 nitrogen and oxygen atoms in total. The lowest BCUT2D eigenvalue weighted by Gasteiger charge is -2.34. The fraction of sp³-hybridized carbons (Fsp3) is 0.212. The first-order valence-electron chi connectivity index (χ1n) is 13.9. The van der Waals surface area contributed by atoms with Crippen LogP contribution in [0.3, 0.4) is 0 Å². The van der Waals surface area contributed by atoms with E-state index < -0.39 is 28.5 Å². The zero-order valence-electron chi connectivity index (χ0n) is 23.7. The standard InChI is InChI=1S/C33H33ClIN3O4S/c1-2-21-36-33(40)31(22-25-11-5-3-6-12-25)37(23-26-13-9-10-16-30(26)34)32(39)24-38(28-19-17-27(35)18-20-28)43(41,42)29-14-7-4-8-15-29/h3-20,31H,2,21-24H2,1H3,(H,36,40)/t31-/m0/s1. The maximum Gasteiger partial charge on any atom is 0.264 e. The smallest absolute Gasteiger partial charge is 0.264 e. The molecule has 0 spiro atoms. The molecule has 0 saturated carbocycles. The summed E-state index contributed by atoms with van der Waals surface area (Å²) < 4.78 is 30.0. The number of anilines is 1. The zero-order chi connectivity index (χ0) is 30.8. The number of hydrogen-bond acceptors (Lipinski definition) is 4. The monoisotopic (exact) mass is 729 g/mol. The highest BCUT2D eigenvalue weighted by atomic mass is 127. The second kappa shape index (κ2) is 15.4. The Morgan fingerprint density at radius 2 is 1.47 bits per heavy atom. The van der Waals surface area contributed by atoms with Gasteiger partial charge >= 0.3 is 0 Å². The molecule has 224 valence electrons. The Balaban J connectivity index is 1.79. The average molecular weight is 730 g/mol. The van der Waals surface area contributed by atoms with Crippen LogP contribution in [0.1, 0.15) is 24.5 Å². The minimum atomic E-state index is -4.14. The van der Waals surface area contributed by atoms with Crippen molar-refractivity contribution in [1.82, 2.24) is 10.2 Å². The van der Waals surface area contributed by atoms with E-state index in [2.05, 4.69) is 27.9 Å². The summed E-state index contributed by atoms with van der Waals surface area (Å²) in [5, 5.41) is 3.38. The third kappa shape index (κ3) is 8.58. The minimum absolute atomic E-state index is 0.0153. The van der Waals surface area contributed by atoms with Gasteiger partial charge in [-0.05, 0) is 82.6 Å². The number of rotatable bonds is 13. The van der Waals surface area contributed by atoms with Gasteiger partial charge in [0.1, 0.15) is 12.6 Å². The lowest BCUT2D eigenvalue weighted by atomic mass is 10.0. The molecule has 2 amide bonds. The molecule has 0 heterocycles. The van der Waals surface area contributed by atoms with Crippen molar-refractivity contribution in [3.05, 3.63) is 129 Å². The highest BCUT2D eigenvalue weighted by Crippen LogP contribution is 2.26. The van der Waals surface area contributed by atoms with Gasteiger partial charge in [-0.3, -0.25) is 13.9 Å². The lowest BCUT2D eigenvalue weighted by Crippen LogP contribution is -2.53. The van der Waals surface area contributed by atoms with E-state index in [1.54, 1.807) is 60.7 Å².